The molecule has 5 heteroatoms. The lowest BCUT2D eigenvalue weighted by molar-refractivity contribution is 0.180. The van der Waals surface area contributed by atoms with Crippen molar-refractivity contribution < 1.29 is 9.84 Å². The first kappa shape index (κ1) is 11.0. The number of aromatic nitrogens is 1. The number of methoxy groups -OCH3 is 1. The Hall–Kier alpha value is -0.490. The fourth-order valence-corrected chi connectivity index (χ4v) is 2.30. The summed E-state index contributed by atoms with van der Waals surface area (Å²) >= 11 is 1.57. The van der Waals surface area contributed by atoms with Crippen molar-refractivity contribution in [3.63, 3.8) is 0 Å². The number of nitrogens with one attached hydrogen (secondary N) is 1. The highest BCUT2D eigenvalue weighted by atomic mass is 32.1. The number of nitrogens with zero attached hydrogens (tertiary/aromatic N) is 1. The molecule has 1 fully saturated rings. The minimum absolute atomic E-state index is 0.0187. The Bertz CT molecular complexity index is 323. The number of aliphatic hydroxyl groups excluding tert-OH is 1. The van der Waals surface area contributed by atoms with Gasteiger partial charge in [0, 0.05) is 24.6 Å². The molecule has 4 nitrogen and oxygen atoms in total. The van der Waals surface area contributed by atoms with Crippen molar-refractivity contribution in [1.29, 1.82) is 0 Å². The van der Waals surface area contributed by atoms with Crippen LogP contribution < -0.4 is 5.32 Å². The van der Waals surface area contributed by atoms with Crippen LogP contribution in [0.15, 0.2) is 0 Å². The number of thiazole rings is 1. The van der Waals surface area contributed by atoms with Gasteiger partial charge in [0.15, 0.2) is 0 Å². The summed E-state index contributed by atoms with van der Waals surface area (Å²) in [5, 5.41) is 13.2. The summed E-state index contributed by atoms with van der Waals surface area (Å²) in [6, 6.07) is 0.695. The van der Waals surface area contributed by atoms with Gasteiger partial charge in [-0.15, -0.1) is 11.3 Å². The number of aliphatic hydroxyl groups is 1. The second-order valence-corrected chi connectivity index (χ2v) is 4.89. The molecular formula is C10H16N2O2S. The Morgan fingerprint density at radius 3 is 3.00 bits per heavy atom. The largest absolute Gasteiger partial charge is 0.389 e. The van der Waals surface area contributed by atoms with Gasteiger partial charge in [-0.3, -0.25) is 0 Å². The van der Waals surface area contributed by atoms with Gasteiger partial charge in [-0.25, -0.2) is 4.98 Å². The van der Waals surface area contributed by atoms with E-state index in [2.05, 4.69) is 10.3 Å². The summed E-state index contributed by atoms with van der Waals surface area (Å²) in [6.07, 6.45) is 2.57. The molecule has 2 rings (SSSR count). The smallest absolute Gasteiger partial charge is 0.119 e. The van der Waals surface area contributed by atoms with Crippen molar-refractivity contribution in [2.24, 2.45) is 0 Å². The zero-order valence-corrected chi connectivity index (χ0v) is 9.64. The Kier molecular flexibility index (Phi) is 3.69. The van der Waals surface area contributed by atoms with E-state index in [0.29, 0.717) is 12.6 Å². The molecule has 0 amide bonds. The summed E-state index contributed by atoms with van der Waals surface area (Å²) in [6.45, 7) is 1.39. The predicted molar refractivity (Wildman–Crippen MR) is 58.6 cm³/mol. The van der Waals surface area contributed by atoms with E-state index in [0.717, 1.165) is 17.2 Å². The summed E-state index contributed by atoms with van der Waals surface area (Å²) in [7, 11) is 1.66. The van der Waals surface area contributed by atoms with E-state index in [1.165, 1.54) is 17.7 Å². The van der Waals surface area contributed by atoms with Gasteiger partial charge in [-0.2, -0.15) is 0 Å². The van der Waals surface area contributed by atoms with E-state index >= 15 is 0 Å². The SMILES string of the molecule is COCc1nc(CO)sc1CNC1CC1. The Labute approximate surface area is 93.3 Å². The molecule has 84 valence electrons. The quantitative estimate of drug-likeness (QED) is 0.763. The van der Waals surface area contributed by atoms with Crippen LogP contribution in [0.2, 0.25) is 0 Å². The van der Waals surface area contributed by atoms with Crippen LogP contribution in [-0.2, 0) is 24.5 Å². The highest BCUT2D eigenvalue weighted by Gasteiger charge is 2.21. The van der Waals surface area contributed by atoms with Crippen LogP contribution in [0.3, 0.4) is 0 Å². The maximum absolute atomic E-state index is 9.02. The summed E-state index contributed by atoms with van der Waals surface area (Å²) in [5.41, 5.74) is 0.958. The molecular weight excluding hydrogens is 212 g/mol. The number of hydrogen-bond acceptors (Lipinski definition) is 5. The average molecular weight is 228 g/mol. The minimum Gasteiger partial charge on any atom is -0.389 e. The van der Waals surface area contributed by atoms with Crippen LogP contribution in [-0.4, -0.2) is 23.2 Å². The molecule has 0 atom stereocenters. The molecule has 1 aromatic rings. The second kappa shape index (κ2) is 5.03. The lowest BCUT2D eigenvalue weighted by Crippen LogP contribution is -2.15. The molecule has 1 aliphatic rings. The Morgan fingerprint density at radius 2 is 2.40 bits per heavy atom. The third-order valence-corrected chi connectivity index (χ3v) is 3.45. The van der Waals surface area contributed by atoms with Crippen molar-refractivity contribution in [2.75, 3.05) is 7.11 Å². The van der Waals surface area contributed by atoms with Gasteiger partial charge in [0.1, 0.15) is 5.01 Å². The van der Waals surface area contributed by atoms with Gasteiger partial charge in [-0.1, -0.05) is 0 Å². The van der Waals surface area contributed by atoms with E-state index in [-0.39, 0.29) is 6.61 Å². The number of ether oxygens (including phenoxy) is 1. The number of rotatable bonds is 6. The van der Waals surface area contributed by atoms with E-state index < -0.39 is 0 Å². The first-order valence-electron chi connectivity index (χ1n) is 5.14. The van der Waals surface area contributed by atoms with Crippen LogP contribution in [0.1, 0.15) is 28.4 Å². The van der Waals surface area contributed by atoms with Crippen molar-refractivity contribution in [3.8, 4) is 0 Å². The fraction of sp³-hybridized carbons (Fsp3) is 0.700. The molecule has 1 aliphatic carbocycles. The highest BCUT2D eigenvalue weighted by Crippen LogP contribution is 2.23. The molecule has 0 aliphatic heterocycles. The van der Waals surface area contributed by atoms with Gasteiger partial charge in [-0.05, 0) is 12.8 Å². The lowest BCUT2D eigenvalue weighted by Gasteiger charge is -2.02. The van der Waals surface area contributed by atoms with Crippen LogP contribution >= 0.6 is 11.3 Å². The molecule has 0 saturated heterocycles. The van der Waals surface area contributed by atoms with Crippen LogP contribution in [0.4, 0.5) is 0 Å². The normalized spacial score (nSPS) is 15.9. The summed E-state index contributed by atoms with van der Waals surface area (Å²) < 4.78 is 5.08. The maximum Gasteiger partial charge on any atom is 0.119 e. The van der Waals surface area contributed by atoms with Gasteiger partial charge >= 0.3 is 0 Å². The summed E-state index contributed by atoms with van der Waals surface area (Å²) in [4.78, 5) is 5.51. The standard InChI is InChI=1S/C10H16N2O2S/c1-14-6-8-9(4-11-7-2-3-7)15-10(5-13)12-8/h7,11,13H,2-6H2,1H3. The van der Waals surface area contributed by atoms with Gasteiger partial charge in [0.2, 0.25) is 0 Å². The van der Waals surface area contributed by atoms with Crippen LogP contribution in [0, 0.1) is 0 Å². The van der Waals surface area contributed by atoms with E-state index in [4.69, 9.17) is 9.84 Å². The molecule has 0 spiro atoms. The first-order chi connectivity index (χ1) is 7.33. The minimum atomic E-state index is 0.0187. The average Bonchev–Trinajstić information content (AvgIpc) is 2.99. The molecule has 1 saturated carbocycles. The summed E-state index contributed by atoms with van der Waals surface area (Å²) in [5.74, 6) is 0. The maximum atomic E-state index is 9.02. The molecule has 1 heterocycles. The van der Waals surface area contributed by atoms with Gasteiger partial charge < -0.3 is 15.2 Å². The third kappa shape index (κ3) is 2.98. The van der Waals surface area contributed by atoms with E-state index in [9.17, 15) is 0 Å². The van der Waals surface area contributed by atoms with Crippen LogP contribution in [0.5, 0.6) is 0 Å². The van der Waals surface area contributed by atoms with Crippen molar-refractivity contribution in [3.05, 3.63) is 15.6 Å². The van der Waals surface area contributed by atoms with Crippen LogP contribution in [0.25, 0.3) is 0 Å². The molecule has 0 bridgehead atoms. The molecule has 15 heavy (non-hydrogen) atoms. The zero-order valence-electron chi connectivity index (χ0n) is 8.82. The molecule has 1 aromatic heterocycles. The predicted octanol–water partition coefficient (Wildman–Crippen LogP) is 1.03. The molecule has 0 aromatic carbocycles. The second-order valence-electron chi connectivity index (χ2n) is 3.72. The van der Waals surface area contributed by atoms with E-state index in [1.54, 1.807) is 18.4 Å². The van der Waals surface area contributed by atoms with Crippen molar-refractivity contribution >= 4 is 11.3 Å². The van der Waals surface area contributed by atoms with Crippen molar-refractivity contribution in [1.82, 2.24) is 10.3 Å². The topological polar surface area (TPSA) is 54.4 Å². The monoisotopic (exact) mass is 228 g/mol. The lowest BCUT2D eigenvalue weighted by atomic mass is 10.3. The Morgan fingerprint density at radius 1 is 1.60 bits per heavy atom. The fourth-order valence-electron chi connectivity index (χ4n) is 1.42. The number of hydrogen-bond donors (Lipinski definition) is 2. The molecule has 2 N–H and O–H groups in total. The van der Waals surface area contributed by atoms with Gasteiger partial charge in [0.05, 0.1) is 18.9 Å². The highest BCUT2D eigenvalue weighted by molar-refractivity contribution is 7.11. The third-order valence-electron chi connectivity index (χ3n) is 2.37. The molecule has 0 radical (unpaired) electrons. The molecule has 0 unspecified atom stereocenters. The van der Waals surface area contributed by atoms with E-state index in [1.807, 2.05) is 0 Å². The van der Waals surface area contributed by atoms with Crippen molar-refractivity contribution in [2.45, 2.75) is 38.6 Å². The van der Waals surface area contributed by atoms with Gasteiger partial charge in [0.25, 0.3) is 0 Å². The first-order valence-corrected chi connectivity index (χ1v) is 5.95. The Balaban J connectivity index is 2.00. The zero-order chi connectivity index (χ0) is 10.7.